The van der Waals surface area contributed by atoms with E-state index in [2.05, 4.69) is 16.4 Å². The van der Waals surface area contributed by atoms with Gasteiger partial charge >= 0.3 is 0 Å². The van der Waals surface area contributed by atoms with E-state index in [0.29, 0.717) is 0 Å². The summed E-state index contributed by atoms with van der Waals surface area (Å²) in [6.07, 6.45) is 4.72. The Labute approximate surface area is 128 Å². The van der Waals surface area contributed by atoms with E-state index in [4.69, 9.17) is 0 Å². The number of hydrogen-bond donors (Lipinski definition) is 1. The molecule has 0 bridgehead atoms. The first-order valence-corrected chi connectivity index (χ1v) is 8.63. The molecular weight excluding hydrogens is 290 g/mol. The van der Waals surface area contributed by atoms with Crippen LogP contribution in [-0.4, -0.2) is 21.7 Å². The number of aromatic nitrogens is 1. The molecule has 108 valence electrons. The van der Waals surface area contributed by atoms with Crippen molar-refractivity contribution in [2.75, 3.05) is 0 Å². The lowest BCUT2D eigenvalue weighted by Gasteiger charge is -2.32. The smallest absolute Gasteiger partial charge is 0.234 e. The van der Waals surface area contributed by atoms with Crippen molar-refractivity contribution in [2.45, 2.75) is 61.1 Å². The zero-order valence-corrected chi connectivity index (χ0v) is 13.4. The maximum atomic E-state index is 12.3. The van der Waals surface area contributed by atoms with Crippen LogP contribution in [0.2, 0.25) is 0 Å². The number of nitriles is 1. The van der Waals surface area contributed by atoms with Gasteiger partial charge in [0.25, 0.3) is 0 Å². The molecule has 4 nitrogen and oxygen atoms in total. The molecule has 1 saturated carbocycles. The third-order valence-corrected chi connectivity index (χ3v) is 5.72. The summed E-state index contributed by atoms with van der Waals surface area (Å²) in [5.41, 5.74) is 0.328. The molecule has 1 aliphatic carbocycles. The second kappa shape index (κ2) is 6.59. The first-order chi connectivity index (χ1) is 9.54. The van der Waals surface area contributed by atoms with Crippen molar-refractivity contribution in [2.24, 2.45) is 0 Å². The summed E-state index contributed by atoms with van der Waals surface area (Å²) >= 11 is 3.01. The summed E-state index contributed by atoms with van der Waals surface area (Å²) in [7, 11) is 0. The predicted molar refractivity (Wildman–Crippen MR) is 81.7 cm³/mol. The molecule has 1 aromatic heterocycles. The van der Waals surface area contributed by atoms with Gasteiger partial charge in [0.2, 0.25) is 5.91 Å². The van der Waals surface area contributed by atoms with E-state index >= 15 is 0 Å². The normalized spacial score (nSPS) is 19.1. The van der Waals surface area contributed by atoms with Crippen LogP contribution >= 0.6 is 23.1 Å². The molecule has 1 N–H and O–H groups in total. The Morgan fingerprint density at radius 2 is 2.25 bits per heavy atom. The molecule has 0 spiro atoms. The molecular formula is C14H19N3OS2. The standard InChI is InChI=1S/C14H19N3OS2/c1-10-8-19-13(16-10)20-11(2)12(18)17-14(9-15)6-4-3-5-7-14/h8,11H,3-7H2,1-2H3,(H,17,18). The zero-order chi connectivity index (χ0) is 14.6. The highest BCUT2D eigenvalue weighted by Gasteiger charge is 2.34. The molecule has 1 heterocycles. The summed E-state index contributed by atoms with van der Waals surface area (Å²) in [4.78, 5) is 16.6. The SMILES string of the molecule is Cc1csc(SC(C)C(=O)NC2(C#N)CCCCC2)n1. The first-order valence-electron chi connectivity index (χ1n) is 6.87. The van der Waals surface area contributed by atoms with Gasteiger partial charge in [-0.3, -0.25) is 4.79 Å². The minimum absolute atomic E-state index is 0.0636. The number of rotatable bonds is 4. The number of amides is 1. The van der Waals surface area contributed by atoms with Crippen LogP contribution in [0, 0.1) is 18.3 Å². The molecule has 1 aromatic rings. The van der Waals surface area contributed by atoms with E-state index in [1.807, 2.05) is 19.2 Å². The van der Waals surface area contributed by atoms with Crippen LogP contribution in [-0.2, 0) is 4.79 Å². The van der Waals surface area contributed by atoms with Gasteiger partial charge < -0.3 is 5.32 Å². The quantitative estimate of drug-likeness (QED) is 0.867. The Morgan fingerprint density at radius 1 is 1.55 bits per heavy atom. The van der Waals surface area contributed by atoms with Crippen molar-refractivity contribution in [1.29, 1.82) is 5.26 Å². The number of hydrogen-bond acceptors (Lipinski definition) is 5. The Bertz CT molecular complexity index is 515. The van der Waals surface area contributed by atoms with Crippen LogP contribution in [0.3, 0.4) is 0 Å². The van der Waals surface area contributed by atoms with Gasteiger partial charge in [0.05, 0.1) is 11.3 Å². The largest absolute Gasteiger partial charge is 0.337 e. The molecule has 20 heavy (non-hydrogen) atoms. The number of nitrogens with one attached hydrogen (secondary N) is 1. The second-order valence-electron chi connectivity index (χ2n) is 5.26. The van der Waals surface area contributed by atoms with Gasteiger partial charge in [-0.15, -0.1) is 11.3 Å². The summed E-state index contributed by atoms with van der Waals surface area (Å²) in [6, 6.07) is 2.32. The second-order valence-corrected chi connectivity index (χ2v) is 7.70. The fraction of sp³-hybridized carbons (Fsp3) is 0.643. The number of thioether (sulfide) groups is 1. The van der Waals surface area contributed by atoms with E-state index in [1.54, 1.807) is 11.3 Å². The molecule has 0 aliphatic heterocycles. The maximum Gasteiger partial charge on any atom is 0.234 e. The molecule has 2 rings (SSSR count). The van der Waals surface area contributed by atoms with Gasteiger partial charge in [-0.1, -0.05) is 31.0 Å². The van der Waals surface area contributed by atoms with Crippen LogP contribution in [0.15, 0.2) is 9.72 Å². The lowest BCUT2D eigenvalue weighted by molar-refractivity contribution is -0.121. The Hall–Kier alpha value is -1.06. The molecule has 6 heteroatoms. The average molecular weight is 309 g/mol. The predicted octanol–water partition coefficient (Wildman–Crippen LogP) is 3.27. The van der Waals surface area contributed by atoms with Crippen LogP contribution in [0.5, 0.6) is 0 Å². The van der Waals surface area contributed by atoms with Gasteiger partial charge in [0.15, 0.2) is 4.34 Å². The third-order valence-electron chi connectivity index (χ3n) is 3.53. The van der Waals surface area contributed by atoms with E-state index in [9.17, 15) is 10.1 Å². The fourth-order valence-corrected chi connectivity index (χ4v) is 4.33. The van der Waals surface area contributed by atoms with Gasteiger partial charge in [0, 0.05) is 11.1 Å². The fourth-order valence-electron chi connectivity index (χ4n) is 2.35. The average Bonchev–Trinajstić information content (AvgIpc) is 2.85. The van der Waals surface area contributed by atoms with Crippen LogP contribution in [0.1, 0.15) is 44.7 Å². The van der Waals surface area contributed by atoms with Crippen LogP contribution < -0.4 is 5.32 Å². The first kappa shape index (κ1) is 15.3. The Kier molecular flexibility index (Phi) is 5.06. The lowest BCUT2D eigenvalue weighted by Crippen LogP contribution is -2.50. The molecule has 1 amide bonds. The van der Waals surface area contributed by atoms with Crippen molar-refractivity contribution < 1.29 is 4.79 Å². The van der Waals surface area contributed by atoms with Gasteiger partial charge in [-0.2, -0.15) is 5.26 Å². The Balaban J connectivity index is 1.94. The summed E-state index contributed by atoms with van der Waals surface area (Å²) < 4.78 is 0.903. The van der Waals surface area contributed by atoms with Crippen molar-refractivity contribution in [3.8, 4) is 6.07 Å². The molecule has 1 fully saturated rings. The van der Waals surface area contributed by atoms with Crippen molar-refractivity contribution in [3.05, 3.63) is 11.1 Å². The molecule has 1 aliphatic rings. The number of carbonyl (C=O) groups is 1. The van der Waals surface area contributed by atoms with Crippen molar-refractivity contribution in [1.82, 2.24) is 10.3 Å². The summed E-state index contributed by atoms with van der Waals surface area (Å²) in [6.45, 7) is 3.81. The number of aryl methyl sites for hydroxylation is 1. The molecule has 1 atom stereocenters. The maximum absolute atomic E-state index is 12.3. The van der Waals surface area contributed by atoms with Gasteiger partial charge in [-0.05, 0) is 26.7 Å². The minimum atomic E-state index is -0.650. The highest BCUT2D eigenvalue weighted by Crippen LogP contribution is 2.30. The monoisotopic (exact) mass is 309 g/mol. The zero-order valence-electron chi connectivity index (χ0n) is 11.8. The molecule has 0 saturated heterocycles. The van der Waals surface area contributed by atoms with Gasteiger partial charge in [0.1, 0.15) is 5.54 Å². The number of carbonyl (C=O) groups excluding carboxylic acids is 1. The molecule has 0 aromatic carbocycles. The summed E-state index contributed by atoms with van der Waals surface area (Å²) in [5.74, 6) is -0.0636. The molecule has 1 unspecified atom stereocenters. The van der Waals surface area contributed by atoms with Crippen molar-refractivity contribution >= 4 is 29.0 Å². The van der Waals surface area contributed by atoms with E-state index in [0.717, 1.165) is 42.1 Å². The van der Waals surface area contributed by atoms with Crippen LogP contribution in [0.25, 0.3) is 0 Å². The van der Waals surface area contributed by atoms with Gasteiger partial charge in [-0.25, -0.2) is 4.98 Å². The van der Waals surface area contributed by atoms with Crippen LogP contribution in [0.4, 0.5) is 0 Å². The topological polar surface area (TPSA) is 65.8 Å². The minimum Gasteiger partial charge on any atom is -0.337 e. The summed E-state index contributed by atoms with van der Waals surface area (Å²) in [5, 5.41) is 14.1. The number of nitrogens with zero attached hydrogens (tertiary/aromatic N) is 2. The highest BCUT2D eigenvalue weighted by molar-refractivity contribution is 8.02. The Morgan fingerprint density at radius 3 is 2.80 bits per heavy atom. The van der Waals surface area contributed by atoms with E-state index in [-0.39, 0.29) is 11.2 Å². The molecule has 0 radical (unpaired) electrons. The van der Waals surface area contributed by atoms with Crippen molar-refractivity contribution in [3.63, 3.8) is 0 Å². The highest BCUT2D eigenvalue weighted by atomic mass is 32.2. The third kappa shape index (κ3) is 3.74. The van der Waals surface area contributed by atoms with E-state index < -0.39 is 5.54 Å². The van der Waals surface area contributed by atoms with E-state index in [1.165, 1.54) is 11.8 Å². The number of thiazole rings is 1. The lowest BCUT2D eigenvalue weighted by atomic mass is 9.83.